The standard InChI is InChI=1S/C28H28N2O3S2.C2HF3O2/c1-33-26-12-11-21(18-29-24-16-22-9-5-6-10-23(22)17-24)15-25(26)27-13-14-28(34-27)35(31,32)30-19-20-7-3-2-4-8-20;3-2(4,5)1(6)7/h2-15,24,29-30H,16-19H2,1H3;(H,6,7). The molecule has 0 spiro atoms. The van der Waals surface area contributed by atoms with Crippen LogP contribution in [0.3, 0.4) is 0 Å². The van der Waals surface area contributed by atoms with Crippen molar-refractivity contribution in [1.29, 1.82) is 0 Å². The van der Waals surface area contributed by atoms with E-state index in [0.29, 0.717) is 6.04 Å². The fourth-order valence-corrected chi connectivity index (χ4v) is 6.87. The summed E-state index contributed by atoms with van der Waals surface area (Å²) in [5.41, 5.74) is 5.80. The Kier molecular flexibility index (Phi) is 10.0. The first-order valence-electron chi connectivity index (χ1n) is 12.9. The molecule has 0 atom stereocenters. The van der Waals surface area contributed by atoms with Gasteiger partial charge in [0.25, 0.3) is 0 Å². The van der Waals surface area contributed by atoms with Gasteiger partial charge >= 0.3 is 12.1 Å². The Morgan fingerprint density at radius 3 is 2.14 bits per heavy atom. The van der Waals surface area contributed by atoms with Crippen LogP contribution in [0.25, 0.3) is 10.4 Å². The number of fused-ring (bicyclic) bond motifs is 1. The molecule has 3 N–H and O–H groups in total. The third-order valence-electron chi connectivity index (χ3n) is 6.57. The minimum absolute atomic E-state index is 0.256. The van der Waals surface area contributed by atoms with Crippen LogP contribution in [0.2, 0.25) is 0 Å². The lowest BCUT2D eigenvalue weighted by atomic mass is 10.1. The van der Waals surface area contributed by atoms with Crippen molar-refractivity contribution in [3.8, 4) is 16.2 Å². The first kappa shape index (κ1) is 31.2. The van der Waals surface area contributed by atoms with Crippen molar-refractivity contribution in [2.45, 2.75) is 42.4 Å². The molecule has 1 heterocycles. The molecule has 1 aromatic heterocycles. The second-order valence-electron chi connectivity index (χ2n) is 9.52. The minimum atomic E-state index is -5.08. The van der Waals surface area contributed by atoms with E-state index in [4.69, 9.17) is 14.6 Å². The number of sulfonamides is 1. The van der Waals surface area contributed by atoms with E-state index >= 15 is 0 Å². The van der Waals surface area contributed by atoms with Crippen LogP contribution >= 0.6 is 11.3 Å². The SMILES string of the molecule is COc1ccc(CNC2Cc3ccccc3C2)cc1-c1ccc(S(=O)(=O)NCc2ccccc2)s1.O=C(O)C(F)(F)F. The number of carboxylic acids is 1. The summed E-state index contributed by atoms with van der Waals surface area (Å²) in [7, 11) is -1.97. The molecule has 5 rings (SSSR count). The number of benzene rings is 3. The molecule has 12 heteroatoms. The fourth-order valence-electron chi connectivity index (χ4n) is 4.48. The maximum absolute atomic E-state index is 12.9. The largest absolute Gasteiger partial charge is 0.496 e. The third kappa shape index (κ3) is 8.19. The number of rotatable bonds is 9. The van der Waals surface area contributed by atoms with E-state index in [1.807, 2.05) is 42.5 Å². The number of nitrogens with one attached hydrogen (secondary N) is 2. The quantitative estimate of drug-likeness (QED) is 0.219. The zero-order chi connectivity index (χ0) is 30.3. The molecule has 0 saturated heterocycles. The Labute approximate surface area is 246 Å². The van der Waals surface area contributed by atoms with Crippen LogP contribution in [0.1, 0.15) is 22.3 Å². The van der Waals surface area contributed by atoms with E-state index in [-0.39, 0.29) is 10.8 Å². The van der Waals surface area contributed by atoms with Gasteiger partial charge in [-0.2, -0.15) is 13.2 Å². The second kappa shape index (κ2) is 13.5. The highest BCUT2D eigenvalue weighted by Crippen LogP contribution is 2.37. The zero-order valence-corrected chi connectivity index (χ0v) is 24.2. The molecule has 222 valence electrons. The predicted molar refractivity (Wildman–Crippen MR) is 155 cm³/mol. The van der Waals surface area contributed by atoms with Crippen LogP contribution in [-0.4, -0.2) is 38.8 Å². The number of hydrogen-bond acceptors (Lipinski definition) is 6. The number of methoxy groups -OCH3 is 1. The van der Waals surface area contributed by atoms with E-state index in [2.05, 4.69) is 46.4 Å². The number of carbonyl (C=O) groups is 1. The lowest BCUT2D eigenvalue weighted by molar-refractivity contribution is -0.192. The second-order valence-corrected chi connectivity index (χ2v) is 12.6. The summed E-state index contributed by atoms with van der Waals surface area (Å²) in [6, 6.07) is 28.2. The van der Waals surface area contributed by atoms with Gasteiger partial charge in [-0.1, -0.05) is 60.7 Å². The number of carboxylic acid groups (broad SMARTS) is 1. The molecule has 0 bridgehead atoms. The predicted octanol–water partition coefficient (Wildman–Crippen LogP) is 5.79. The van der Waals surface area contributed by atoms with Crippen molar-refractivity contribution < 1.29 is 36.2 Å². The molecule has 0 radical (unpaired) electrons. The van der Waals surface area contributed by atoms with Gasteiger partial charge < -0.3 is 15.2 Å². The van der Waals surface area contributed by atoms with Gasteiger partial charge in [0.05, 0.1) is 7.11 Å². The average molecular weight is 619 g/mol. The summed E-state index contributed by atoms with van der Waals surface area (Å²) in [4.78, 5) is 9.75. The molecule has 0 amide bonds. The Morgan fingerprint density at radius 1 is 0.929 bits per heavy atom. The molecule has 7 nitrogen and oxygen atoms in total. The summed E-state index contributed by atoms with van der Waals surface area (Å²) >= 11 is 1.25. The zero-order valence-electron chi connectivity index (χ0n) is 22.5. The number of hydrogen-bond donors (Lipinski definition) is 3. The van der Waals surface area contributed by atoms with Gasteiger partial charge in [0.1, 0.15) is 9.96 Å². The van der Waals surface area contributed by atoms with E-state index in [1.165, 1.54) is 22.5 Å². The Hall–Kier alpha value is -3.71. The van der Waals surface area contributed by atoms with Gasteiger partial charge in [-0.05, 0) is 59.4 Å². The Balaban J connectivity index is 0.000000517. The highest BCUT2D eigenvalue weighted by Gasteiger charge is 2.38. The molecule has 0 saturated carbocycles. The molecule has 42 heavy (non-hydrogen) atoms. The number of thiophene rings is 1. The number of ether oxygens (including phenoxy) is 1. The van der Waals surface area contributed by atoms with Gasteiger partial charge in [0, 0.05) is 29.6 Å². The molecular formula is C30H29F3N2O5S2. The van der Waals surface area contributed by atoms with Gasteiger partial charge in [0.15, 0.2) is 0 Å². The first-order valence-corrected chi connectivity index (χ1v) is 15.2. The monoisotopic (exact) mass is 618 g/mol. The van der Waals surface area contributed by atoms with Crippen molar-refractivity contribution in [3.05, 3.63) is 107 Å². The molecule has 3 aromatic carbocycles. The van der Waals surface area contributed by atoms with E-state index < -0.39 is 22.2 Å². The fraction of sp³-hybridized carbons (Fsp3) is 0.233. The van der Waals surface area contributed by atoms with Crippen LogP contribution in [0.4, 0.5) is 13.2 Å². The Morgan fingerprint density at radius 2 is 1.55 bits per heavy atom. The summed E-state index contributed by atoms with van der Waals surface area (Å²) < 4.78 is 66.1. The third-order valence-corrected chi connectivity index (χ3v) is 9.58. The minimum Gasteiger partial charge on any atom is -0.496 e. The molecule has 1 aliphatic carbocycles. The summed E-state index contributed by atoms with van der Waals surface area (Å²) in [5.74, 6) is -2.03. The van der Waals surface area contributed by atoms with Crippen LogP contribution in [0.5, 0.6) is 5.75 Å². The smallest absolute Gasteiger partial charge is 0.490 e. The summed E-state index contributed by atoms with van der Waals surface area (Å²) in [6.45, 7) is 0.997. The van der Waals surface area contributed by atoms with Crippen LogP contribution in [-0.2, 0) is 40.7 Å². The topological polar surface area (TPSA) is 105 Å². The highest BCUT2D eigenvalue weighted by molar-refractivity contribution is 7.91. The Bertz CT molecular complexity index is 1600. The molecule has 0 aliphatic heterocycles. The molecule has 1 aliphatic rings. The van der Waals surface area contributed by atoms with Crippen molar-refractivity contribution in [1.82, 2.24) is 10.0 Å². The van der Waals surface area contributed by atoms with Crippen LogP contribution in [0, 0.1) is 0 Å². The maximum Gasteiger partial charge on any atom is 0.490 e. The lowest BCUT2D eigenvalue weighted by Gasteiger charge is -2.14. The number of halogens is 3. The average Bonchev–Trinajstić information content (AvgIpc) is 3.63. The normalized spacial score (nSPS) is 13.2. The molecule has 4 aromatic rings. The van der Waals surface area contributed by atoms with Crippen LogP contribution < -0.4 is 14.8 Å². The van der Waals surface area contributed by atoms with Crippen molar-refractivity contribution in [2.75, 3.05) is 7.11 Å². The molecule has 0 unspecified atom stereocenters. The highest BCUT2D eigenvalue weighted by atomic mass is 32.2. The summed E-state index contributed by atoms with van der Waals surface area (Å²) in [5, 5.41) is 10.8. The van der Waals surface area contributed by atoms with E-state index in [1.54, 1.807) is 13.2 Å². The molecule has 0 fully saturated rings. The summed E-state index contributed by atoms with van der Waals surface area (Å²) in [6.07, 6.45) is -3.00. The van der Waals surface area contributed by atoms with Crippen molar-refractivity contribution in [2.24, 2.45) is 0 Å². The number of alkyl halides is 3. The maximum atomic E-state index is 12.9. The van der Waals surface area contributed by atoms with Gasteiger partial charge in [-0.3, -0.25) is 0 Å². The lowest BCUT2D eigenvalue weighted by Crippen LogP contribution is -2.28. The van der Waals surface area contributed by atoms with Crippen LogP contribution in [0.15, 0.2) is 89.1 Å². The number of aliphatic carboxylic acids is 1. The first-order chi connectivity index (χ1) is 20.0. The van der Waals surface area contributed by atoms with Crippen molar-refractivity contribution >= 4 is 27.3 Å². The van der Waals surface area contributed by atoms with Gasteiger partial charge in [0.2, 0.25) is 10.0 Å². The van der Waals surface area contributed by atoms with E-state index in [9.17, 15) is 21.6 Å². The van der Waals surface area contributed by atoms with Gasteiger partial charge in [-0.15, -0.1) is 11.3 Å². The van der Waals surface area contributed by atoms with Crippen molar-refractivity contribution in [3.63, 3.8) is 0 Å². The van der Waals surface area contributed by atoms with E-state index in [0.717, 1.165) is 46.7 Å². The molecular weight excluding hydrogens is 589 g/mol. The van der Waals surface area contributed by atoms with Gasteiger partial charge in [-0.25, -0.2) is 17.9 Å².